The predicted molar refractivity (Wildman–Crippen MR) is 90.3 cm³/mol. The molecule has 0 bridgehead atoms. The molecule has 1 fully saturated rings. The van der Waals surface area contributed by atoms with E-state index in [0.29, 0.717) is 17.6 Å². The Morgan fingerprint density at radius 1 is 1.09 bits per heavy atom. The second-order valence-electron chi connectivity index (χ2n) is 6.60. The first kappa shape index (κ1) is 14.8. The Morgan fingerprint density at radius 2 is 1.96 bits per heavy atom. The number of rotatable bonds is 4. The van der Waals surface area contributed by atoms with Gasteiger partial charge in [0.2, 0.25) is 0 Å². The lowest BCUT2D eigenvalue weighted by Gasteiger charge is -2.26. The molecule has 0 amide bonds. The zero-order chi connectivity index (χ0) is 15.6. The molecular weight excluding hydrogens is 290 g/mol. The van der Waals surface area contributed by atoms with Gasteiger partial charge in [0.25, 0.3) is 0 Å². The van der Waals surface area contributed by atoms with Gasteiger partial charge in [0.05, 0.1) is 5.39 Å². The Hall–Kier alpha value is -1.81. The van der Waals surface area contributed by atoms with Crippen LogP contribution in [0.5, 0.6) is 5.75 Å². The van der Waals surface area contributed by atoms with Crippen molar-refractivity contribution in [1.29, 1.82) is 0 Å². The van der Waals surface area contributed by atoms with Gasteiger partial charge < -0.3 is 9.15 Å². The van der Waals surface area contributed by atoms with Gasteiger partial charge in [-0.25, -0.2) is 0 Å². The van der Waals surface area contributed by atoms with Gasteiger partial charge in [0.15, 0.2) is 5.43 Å². The summed E-state index contributed by atoms with van der Waals surface area (Å²) in [4.78, 5) is 14.9. The summed E-state index contributed by atoms with van der Waals surface area (Å²) in [5.74, 6) is 1.66. The van der Waals surface area contributed by atoms with Crippen molar-refractivity contribution in [2.45, 2.75) is 38.5 Å². The Morgan fingerprint density at radius 3 is 2.83 bits per heavy atom. The molecule has 0 N–H and O–H groups in total. The maximum Gasteiger partial charge on any atom is 0.196 e. The smallest absolute Gasteiger partial charge is 0.196 e. The lowest BCUT2D eigenvalue weighted by Crippen LogP contribution is -2.33. The first-order valence-corrected chi connectivity index (χ1v) is 8.75. The number of benzene rings is 1. The van der Waals surface area contributed by atoms with E-state index in [9.17, 15) is 4.79 Å². The highest BCUT2D eigenvalue weighted by Crippen LogP contribution is 2.26. The predicted octanol–water partition coefficient (Wildman–Crippen LogP) is 3.15. The van der Waals surface area contributed by atoms with Crippen molar-refractivity contribution in [3.63, 3.8) is 0 Å². The molecule has 1 aromatic heterocycles. The first-order chi connectivity index (χ1) is 11.3. The van der Waals surface area contributed by atoms with Gasteiger partial charge in [-0.15, -0.1) is 0 Å². The van der Waals surface area contributed by atoms with Crippen molar-refractivity contribution >= 4 is 11.0 Å². The molecule has 1 aliphatic heterocycles. The van der Waals surface area contributed by atoms with E-state index in [1.807, 2.05) is 18.2 Å². The maximum absolute atomic E-state index is 12.4. The zero-order valence-electron chi connectivity index (χ0n) is 13.5. The van der Waals surface area contributed by atoms with E-state index in [4.69, 9.17) is 9.15 Å². The number of aryl methyl sites for hydroxylation is 1. The molecule has 23 heavy (non-hydrogen) atoms. The standard InChI is InChI=1S/C19H23NO3/c21-19-15-5-4-6-17(15)23-18-13-14(7-8-16(18)19)22-12-11-20-9-2-1-3-10-20/h7-8,13H,1-6,9-12H2. The number of fused-ring (bicyclic) bond motifs is 2. The molecule has 4 nitrogen and oxygen atoms in total. The third-order valence-electron chi connectivity index (χ3n) is 5.00. The van der Waals surface area contributed by atoms with E-state index in [1.54, 1.807) is 0 Å². The number of nitrogens with zero attached hydrogens (tertiary/aromatic N) is 1. The molecule has 0 saturated carbocycles. The fourth-order valence-corrected chi connectivity index (χ4v) is 3.70. The second-order valence-corrected chi connectivity index (χ2v) is 6.60. The second kappa shape index (κ2) is 6.36. The quantitative estimate of drug-likeness (QED) is 0.869. The molecule has 2 aliphatic rings. The first-order valence-electron chi connectivity index (χ1n) is 8.75. The third kappa shape index (κ3) is 3.00. The lowest BCUT2D eigenvalue weighted by molar-refractivity contribution is 0.183. The molecule has 4 rings (SSSR count). The molecule has 0 unspecified atom stereocenters. The maximum atomic E-state index is 12.4. The van der Waals surface area contributed by atoms with E-state index in [-0.39, 0.29) is 5.43 Å². The number of piperidine rings is 1. The highest BCUT2D eigenvalue weighted by atomic mass is 16.5. The average Bonchev–Trinajstić information content (AvgIpc) is 3.04. The molecule has 1 saturated heterocycles. The molecular formula is C19H23NO3. The summed E-state index contributed by atoms with van der Waals surface area (Å²) in [6, 6.07) is 5.60. The highest BCUT2D eigenvalue weighted by molar-refractivity contribution is 5.79. The molecule has 1 aliphatic carbocycles. The fourth-order valence-electron chi connectivity index (χ4n) is 3.70. The van der Waals surface area contributed by atoms with E-state index in [1.165, 1.54) is 32.4 Å². The van der Waals surface area contributed by atoms with Gasteiger partial charge in [-0.2, -0.15) is 0 Å². The largest absolute Gasteiger partial charge is 0.492 e. The molecule has 1 aromatic carbocycles. The molecule has 4 heteroatoms. The summed E-state index contributed by atoms with van der Waals surface area (Å²) in [7, 11) is 0. The van der Waals surface area contributed by atoms with Crippen LogP contribution < -0.4 is 10.2 Å². The van der Waals surface area contributed by atoms with Crippen LogP contribution >= 0.6 is 0 Å². The minimum Gasteiger partial charge on any atom is -0.492 e. The fraction of sp³-hybridized carbons (Fsp3) is 0.526. The van der Waals surface area contributed by atoms with E-state index < -0.39 is 0 Å². The van der Waals surface area contributed by atoms with Crippen molar-refractivity contribution in [3.05, 3.63) is 39.7 Å². The normalized spacial score (nSPS) is 18.3. The molecule has 2 aromatic rings. The SMILES string of the molecule is O=c1c2c(oc3cc(OCCN4CCCCC4)ccc13)CCC2. The summed E-state index contributed by atoms with van der Waals surface area (Å²) in [6.07, 6.45) is 6.69. The van der Waals surface area contributed by atoms with Crippen LogP contribution in [0, 0.1) is 0 Å². The Bertz CT molecular complexity index is 759. The van der Waals surface area contributed by atoms with Gasteiger partial charge in [-0.3, -0.25) is 9.69 Å². The van der Waals surface area contributed by atoms with Gasteiger partial charge in [0, 0.05) is 24.6 Å². The summed E-state index contributed by atoms with van der Waals surface area (Å²) in [5, 5.41) is 0.675. The monoisotopic (exact) mass is 313 g/mol. The van der Waals surface area contributed by atoms with Crippen molar-refractivity contribution in [2.24, 2.45) is 0 Å². The molecule has 0 spiro atoms. The lowest BCUT2D eigenvalue weighted by atomic mass is 10.1. The van der Waals surface area contributed by atoms with Crippen LogP contribution in [0.2, 0.25) is 0 Å². The minimum absolute atomic E-state index is 0.138. The topological polar surface area (TPSA) is 42.7 Å². The van der Waals surface area contributed by atoms with E-state index in [2.05, 4.69) is 4.90 Å². The van der Waals surface area contributed by atoms with Crippen LogP contribution in [-0.4, -0.2) is 31.1 Å². The van der Waals surface area contributed by atoms with Crippen LogP contribution in [0.3, 0.4) is 0 Å². The van der Waals surface area contributed by atoms with Crippen molar-refractivity contribution in [3.8, 4) is 5.75 Å². The third-order valence-corrected chi connectivity index (χ3v) is 5.00. The van der Waals surface area contributed by atoms with Gasteiger partial charge in [-0.05, 0) is 50.9 Å². The van der Waals surface area contributed by atoms with E-state index in [0.717, 1.165) is 42.9 Å². The number of likely N-dealkylation sites (tertiary alicyclic amines) is 1. The van der Waals surface area contributed by atoms with Gasteiger partial charge in [0.1, 0.15) is 23.7 Å². The Balaban J connectivity index is 1.48. The van der Waals surface area contributed by atoms with E-state index >= 15 is 0 Å². The number of ether oxygens (including phenoxy) is 1. The van der Waals surface area contributed by atoms with Crippen molar-refractivity contribution in [1.82, 2.24) is 4.90 Å². The van der Waals surface area contributed by atoms with Crippen LogP contribution in [0.4, 0.5) is 0 Å². The summed E-state index contributed by atoms with van der Waals surface area (Å²) >= 11 is 0. The molecule has 2 heterocycles. The number of hydrogen-bond acceptors (Lipinski definition) is 4. The Labute approximate surface area is 136 Å². The molecule has 122 valence electrons. The minimum atomic E-state index is 0.138. The highest BCUT2D eigenvalue weighted by Gasteiger charge is 2.19. The van der Waals surface area contributed by atoms with Crippen LogP contribution in [0.1, 0.15) is 37.0 Å². The number of hydrogen-bond donors (Lipinski definition) is 0. The van der Waals surface area contributed by atoms with Crippen molar-refractivity contribution in [2.75, 3.05) is 26.2 Å². The van der Waals surface area contributed by atoms with Crippen molar-refractivity contribution < 1.29 is 9.15 Å². The Kier molecular flexibility index (Phi) is 4.08. The zero-order valence-corrected chi connectivity index (χ0v) is 13.5. The summed E-state index contributed by atoms with van der Waals surface area (Å²) < 4.78 is 11.8. The average molecular weight is 313 g/mol. The van der Waals surface area contributed by atoms with Crippen LogP contribution in [0.15, 0.2) is 27.4 Å². The van der Waals surface area contributed by atoms with Crippen LogP contribution in [-0.2, 0) is 12.8 Å². The summed E-state index contributed by atoms with van der Waals surface area (Å²) in [5.41, 5.74) is 1.67. The summed E-state index contributed by atoms with van der Waals surface area (Å²) in [6.45, 7) is 4.01. The van der Waals surface area contributed by atoms with Gasteiger partial charge in [-0.1, -0.05) is 6.42 Å². The molecule has 0 radical (unpaired) electrons. The van der Waals surface area contributed by atoms with Crippen LogP contribution in [0.25, 0.3) is 11.0 Å². The van der Waals surface area contributed by atoms with Gasteiger partial charge >= 0.3 is 0 Å². The molecule has 0 atom stereocenters.